The van der Waals surface area contributed by atoms with Gasteiger partial charge in [-0.25, -0.2) is 13.1 Å². The van der Waals surface area contributed by atoms with E-state index in [0.717, 1.165) is 0 Å². The number of fused-ring (bicyclic) bond motifs is 1. The lowest BCUT2D eigenvalue weighted by molar-refractivity contribution is -0.142. The summed E-state index contributed by atoms with van der Waals surface area (Å²) in [6, 6.07) is 3.69. The molecule has 0 bridgehead atoms. The van der Waals surface area contributed by atoms with Crippen molar-refractivity contribution in [1.29, 1.82) is 0 Å². The van der Waals surface area contributed by atoms with Crippen LogP contribution in [0.2, 0.25) is 0 Å². The van der Waals surface area contributed by atoms with Crippen LogP contribution in [0.4, 0.5) is 0 Å². The van der Waals surface area contributed by atoms with Crippen LogP contribution in [0.25, 0.3) is 11.0 Å². The smallest absolute Gasteiger partial charge is 0.314 e. The molecule has 4 N–H and O–H groups in total. The lowest BCUT2D eigenvalue weighted by Crippen LogP contribution is -2.38. The summed E-state index contributed by atoms with van der Waals surface area (Å²) in [4.78, 5) is 38.3. The predicted molar refractivity (Wildman–Crippen MR) is 88.9 cm³/mol. The minimum Gasteiger partial charge on any atom is -0.481 e. The van der Waals surface area contributed by atoms with Gasteiger partial charge in [-0.15, -0.1) is 0 Å². The van der Waals surface area contributed by atoms with Gasteiger partial charge in [-0.2, -0.15) is 0 Å². The van der Waals surface area contributed by atoms with Crippen LogP contribution in [0.1, 0.15) is 25.7 Å². The van der Waals surface area contributed by atoms with E-state index < -0.39 is 33.0 Å². The molecule has 0 amide bonds. The number of rotatable bonds is 4. The highest BCUT2D eigenvalue weighted by atomic mass is 32.2. The van der Waals surface area contributed by atoms with Crippen molar-refractivity contribution in [3.8, 4) is 0 Å². The molecule has 1 heterocycles. The molecule has 0 saturated heterocycles. The summed E-state index contributed by atoms with van der Waals surface area (Å²) in [5.41, 5.74) is -1.13. The molecule has 1 aliphatic rings. The molecule has 2 aromatic rings. The molecule has 0 aliphatic heterocycles. The number of hydrogen-bond donors (Lipinski definition) is 4. The van der Waals surface area contributed by atoms with Gasteiger partial charge < -0.3 is 15.1 Å². The number of H-pyrrole nitrogens is 2. The molecule has 0 radical (unpaired) electrons. The van der Waals surface area contributed by atoms with Crippen molar-refractivity contribution < 1.29 is 18.3 Å². The number of carboxylic acid groups (broad SMARTS) is 1. The molecule has 1 aromatic carbocycles. The minimum absolute atomic E-state index is 0.0388. The average molecular weight is 367 g/mol. The topological polar surface area (TPSA) is 149 Å². The first-order chi connectivity index (χ1) is 11.8. The van der Waals surface area contributed by atoms with Crippen molar-refractivity contribution >= 4 is 27.0 Å². The van der Waals surface area contributed by atoms with Crippen molar-refractivity contribution in [2.45, 2.75) is 36.6 Å². The number of carbonyl (C=O) groups is 1. The van der Waals surface area contributed by atoms with Crippen LogP contribution >= 0.6 is 0 Å². The molecule has 0 spiro atoms. The fourth-order valence-corrected chi connectivity index (χ4v) is 4.34. The minimum atomic E-state index is -3.82. The summed E-state index contributed by atoms with van der Waals surface area (Å²) in [6.07, 6.45) is 1.76. The molecular weight excluding hydrogens is 350 g/mol. The first-order valence-corrected chi connectivity index (χ1v) is 9.26. The highest BCUT2D eigenvalue weighted by Gasteiger charge is 2.29. The number of nitrogens with one attached hydrogen (secondary N) is 3. The van der Waals surface area contributed by atoms with Crippen molar-refractivity contribution in [2.75, 3.05) is 0 Å². The maximum absolute atomic E-state index is 12.5. The zero-order valence-corrected chi connectivity index (χ0v) is 13.9. The Morgan fingerprint density at radius 3 is 2.24 bits per heavy atom. The van der Waals surface area contributed by atoms with E-state index in [2.05, 4.69) is 14.7 Å². The largest absolute Gasteiger partial charge is 0.481 e. The van der Waals surface area contributed by atoms with Gasteiger partial charge in [-0.05, 0) is 43.9 Å². The Balaban J connectivity index is 1.82. The molecule has 0 atom stereocenters. The van der Waals surface area contributed by atoms with Crippen LogP contribution in [0.15, 0.2) is 32.7 Å². The molecule has 1 saturated carbocycles. The summed E-state index contributed by atoms with van der Waals surface area (Å²) < 4.78 is 27.6. The predicted octanol–water partition coefficient (Wildman–Crippen LogP) is 0.138. The van der Waals surface area contributed by atoms with Crippen LogP contribution < -0.4 is 15.8 Å². The second-order valence-electron chi connectivity index (χ2n) is 6.12. The van der Waals surface area contributed by atoms with E-state index >= 15 is 0 Å². The van der Waals surface area contributed by atoms with Gasteiger partial charge in [0.1, 0.15) is 0 Å². The summed E-state index contributed by atoms with van der Waals surface area (Å²) in [5.74, 6) is -1.28. The van der Waals surface area contributed by atoms with Crippen LogP contribution in [0.3, 0.4) is 0 Å². The Morgan fingerprint density at radius 1 is 1.04 bits per heavy atom. The summed E-state index contributed by atoms with van der Waals surface area (Å²) >= 11 is 0. The Bertz CT molecular complexity index is 1030. The molecule has 1 aliphatic carbocycles. The van der Waals surface area contributed by atoms with Crippen LogP contribution in [0, 0.1) is 5.92 Å². The van der Waals surface area contributed by atoms with Crippen molar-refractivity contribution in [3.63, 3.8) is 0 Å². The molecular formula is C15H17N3O6S. The number of benzene rings is 1. The fraction of sp³-hybridized carbons (Fsp3) is 0.400. The average Bonchev–Trinajstić information content (AvgIpc) is 2.55. The van der Waals surface area contributed by atoms with Crippen LogP contribution in [0.5, 0.6) is 0 Å². The van der Waals surface area contributed by atoms with E-state index in [1.165, 1.54) is 18.2 Å². The van der Waals surface area contributed by atoms with Gasteiger partial charge in [0.15, 0.2) is 0 Å². The molecule has 134 valence electrons. The quantitative estimate of drug-likeness (QED) is 0.565. The molecule has 1 fully saturated rings. The van der Waals surface area contributed by atoms with E-state index in [4.69, 9.17) is 5.11 Å². The molecule has 1 aromatic heterocycles. The second-order valence-corrected chi connectivity index (χ2v) is 7.84. The van der Waals surface area contributed by atoms with E-state index in [9.17, 15) is 22.8 Å². The van der Waals surface area contributed by atoms with E-state index in [1.54, 1.807) is 0 Å². The molecule has 25 heavy (non-hydrogen) atoms. The Morgan fingerprint density at radius 2 is 1.64 bits per heavy atom. The third-order valence-corrected chi connectivity index (χ3v) is 5.92. The van der Waals surface area contributed by atoms with E-state index in [1.807, 2.05) is 0 Å². The first-order valence-electron chi connectivity index (χ1n) is 7.78. The number of aromatic nitrogens is 2. The third-order valence-electron chi connectivity index (χ3n) is 4.40. The molecule has 9 nitrogen and oxygen atoms in total. The SMILES string of the molecule is O=C(O)C1CCC(NS(=O)(=O)c2ccc3[nH]c(=O)c(=O)[nH]c3c2)CC1. The number of hydrogen-bond acceptors (Lipinski definition) is 5. The number of carboxylic acids is 1. The lowest BCUT2D eigenvalue weighted by atomic mass is 9.87. The normalized spacial score (nSPS) is 21.3. The van der Waals surface area contributed by atoms with Gasteiger partial charge in [0, 0.05) is 6.04 Å². The number of aliphatic carboxylic acids is 1. The Labute approximate surface area is 142 Å². The third kappa shape index (κ3) is 3.64. The van der Waals surface area contributed by atoms with Gasteiger partial charge in [-0.3, -0.25) is 14.4 Å². The van der Waals surface area contributed by atoms with Gasteiger partial charge in [0.25, 0.3) is 0 Å². The summed E-state index contributed by atoms with van der Waals surface area (Å²) in [7, 11) is -3.82. The zero-order chi connectivity index (χ0) is 18.2. The first kappa shape index (κ1) is 17.4. The maximum atomic E-state index is 12.5. The standard InChI is InChI=1S/C15H17N3O6S/c19-13-14(20)17-12-7-10(5-6-11(12)16-13)25(23,24)18-9-3-1-8(2-4-9)15(21)22/h5-9,18H,1-4H2,(H,16,19)(H,17,20)(H,21,22). The summed E-state index contributed by atoms with van der Waals surface area (Å²) in [6.45, 7) is 0. The van der Waals surface area contributed by atoms with Gasteiger partial charge in [0.2, 0.25) is 10.0 Å². The maximum Gasteiger partial charge on any atom is 0.314 e. The Kier molecular flexibility index (Phi) is 4.48. The summed E-state index contributed by atoms with van der Waals surface area (Å²) in [5, 5.41) is 8.98. The van der Waals surface area contributed by atoms with Crippen LogP contribution in [-0.4, -0.2) is 35.5 Å². The highest BCUT2D eigenvalue weighted by molar-refractivity contribution is 7.89. The zero-order valence-electron chi connectivity index (χ0n) is 13.1. The van der Waals surface area contributed by atoms with Gasteiger partial charge in [-0.1, -0.05) is 0 Å². The number of aromatic amines is 2. The molecule has 0 unspecified atom stereocenters. The lowest BCUT2D eigenvalue weighted by Gasteiger charge is -2.26. The monoisotopic (exact) mass is 367 g/mol. The van der Waals surface area contributed by atoms with E-state index in [-0.39, 0.29) is 16.5 Å². The molecule has 10 heteroatoms. The fourth-order valence-electron chi connectivity index (χ4n) is 3.01. The van der Waals surface area contributed by atoms with Crippen molar-refractivity contribution in [1.82, 2.24) is 14.7 Å². The van der Waals surface area contributed by atoms with Gasteiger partial charge >= 0.3 is 17.1 Å². The van der Waals surface area contributed by atoms with Crippen molar-refractivity contribution in [3.05, 3.63) is 38.9 Å². The number of sulfonamides is 1. The van der Waals surface area contributed by atoms with E-state index in [0.29, 0.717) is 31.2 Å². The molecule has 3 rings (SSSR count). The second kappa shape index (κ2) is 6.45. The Hall–Kier alpha value is -2.46. The van der Waals surface area contributed by atoms with Crippen LogP contribution in [-0.2, 0) is 14.8 Å². The van der Waals surface area contributed by atoms with Crippen molar-refractivity contribution in [2.24, 2.45) is 5.92 Å². The van der Waals surface area contributed by atoms with Gasteiger partial charge in [0.05, 0.1) is 21.8 Å². The highest BCUT2D eigenvalue weighted by Crippen LogP contribution is 2.26.